The molecule has 0 amide bonds. The maximum atomic E-state index is 4.98. The maximum Gasteiger partial charge on any atom is 0.0747 e. The second kappa shape index (κ2) is 7.62. The van der Waals surface area contributed by atoms with E-state index >= 15 is 0 Å². The van der Waals surface area contributed by atoms with E-state index in [2.05, 4.69) is 4.72 Å². The molecule has 0 aliphatic rings. The molecule has 0 saturated carbocycles. The highest BCUT2D eigenvalue weighted by molar-refractivity contribution is 7.96. The van der Waals surface area contributed by atoms with Crippen molar-refractivity contribution in [2.75, 3.05) is 25.7 Å². The molecule has 0 rings (SSSR count). The number of rotatable bonds is 5. The molecule has 0 heterocycles. The Hall–Kier alpha value is 0.620. The fourth-order valence-corrected chi connectivity index (χ4v) is 0.806. The van der Waals surface area contributed by atoms with Crippen molar-refractivity contribution in [1.29, 1.82) is 0 Å². The zero-order valence-corrected chi connectivity index (χ0v) is 6.77. The maximum absolute atomic E-state index is 4.98. The molecule has 0 aromatic carbocycles. The molecule has 0 atom stereocenters. The van der Waals surface area contributed by atoms with Crippen LogP contribution in [0, 0.1) is 0 Å². The van der Waals surface area contributed by atoms with Crippen molar-refractivity contribution >= 4 is 24.0 Å². The molecular formula is C4H11NOS2. The van der Waals surface area contributed by atoms with Gasteiger partial charge in [-0.25, -0.2) is 0 Å². The minimum Gasteiger partial charge on any atom is -0.314 e. The van der Waals surface area contributed by atoms with Crippen LogP contribution in [0.5, 0.6) is 0 Å². The summed E-state index contributed by atoms with van der Waals surface area (Å²) in [5.74, 6) is 0. The molecule has 8 heavy (non-hydrogen) atoms. The predicted molar refractivity (Wildman–Crippen MR) is 41.0 cm³/mol. The van der Waals surface area contributed by atoms with Gasteiger partial charge in [0.15, 0.2) is 0 Å². The first-order valence-electron chi connectivity index (χ1n) is 2.33. The monoisotopic (exact) mass is 153 g/mol. The summed E-state index contributed by atoms with van der Waals surface area (Å²) in [6.45, 7) is 1.70. The molecule has 0 spiro atoms. The molecular weight excluding hydrogens is 142 g/mol. The lowest BCUT2D eigenvalue weighted by Crippen LogP contribution is -2.09. The quantitative estimate of drug-likeness (QED) is 0.363. The van der Waals surface area contributed by atoms with E-state index in [1.165, 1.54) is 12.0 Å². The predicted octanol–water partition coefficient (Wildman–Crippen LogP) is 1.15. The van der Waals surface area contributed by atoms with E-state index in [4.69, 9.17) is 4.18 Å². The molecule has 0 aromatic heterocycles. The van der Waals surface area contributed by atoms with Crippen molar-refractivity contribution in [3.63, 3.8) is 0 Å². The standard InChI is InChI=1S/C4H11NOS2/c1-7-5-3-4-6-8-2/h5H,3-4H2,1-2H3. The van der Waals surface area contributed by atoms with Crippen molar-refractivity contribution in [3.8, 4) is 0 Å². The van der Waals surface area contributed by atoms with Gasteiger partial charge >= 0.3 is 0 Å². The Morgan fingerprint density at radius 1 is 1.50 bits per heavy atom. The molecule has 0 radical (unpaired) electrons. The van der Waals surface area contributed by atoms with E-state index in [9.17, 15) is 0 Å². The average molecular weight is 153 g/mol. The molecule has 0 aliphatic carbocycles. The van der Waals surface area contributed by atoms with E-state index in [1.807, 2.05) is 12.5 Å². The Morgan fingerprint density at radius 2 is 2.25 bits per heavy atom. The first-order chi connectivity index (χ1) is 3.91. The van der Waals surface area contributed by atoms with Crippen LogP contribution >= 0.6 is 24.0 Å². The second-order valence-corrected chi connectivity index (χ2v) is 2.35. The van der Waals surface area contributed by atoms with Gasteiger partial charge in [0.2, 0.25) is 0 Å². The van der Waals surface area contributed by atoms with Crippen molar-refractivity contribution in [2.24, 2.45) is 0 Å². The van der Waals surface area contributed by atoms with Crippen LogP contribution in [0.25, 0.3) is 0 Å². The average Bonchev–Trinajstić information content (AvgIpc) is 1.81. The first kappa shape index (κ1) is 8.62. The highest BCUT2D eigenvalue weighted by Crippen LogP contribution is 1.92. The zero-order chi connectivity index (χ0) is 6.24. The van der Waals surface area contributed by atoms with Gasteiger partial charge in [-0.2, -0.15) is 0 Å². The van der Waals surface area contributed by atoms with E-state index < -0.39 is 0 Å². The van der Waals surface area contributed by atoms with Crippen LogP contribution in [0.4, 0.5) is 0 Å². The van der Waals surface area contributed by atoms with Gasteiger partial charge in [0.1, 0.15) is 0 Å². The molecule has 0 aromatic rings. The molecule has 0 saturated heterocycles. The van der Waals surface area contributed by atoms with Crippen LogP contribution in [0.15, 0.2) is 0 Å². The number of hydrogen-bond acceptors (Lipinski definition) is 4. The summed E-state index contributed by atoms with van der Waals surface area (Å²) >= 11 is 3.02. The Bertz CT molecular complexity index is 39.0. The van der Waals surface area contributed by atoms with E-state index in [-0.39, 0.29) is 0 Å². The van der Waals surface area contributed by atoms with E-state index in [0.29, 0.717) is 0 Å². The van der Waals surface area contributed by atoms with Gasteiger partial charge in [-0.05, 0) is 18.3 Å². The van der Waals surface area contributed by atoms with Gasteiger partial charge in [0.25, 0.3) is 0 Å². The smallest absolute Gasteiger partial charge is 0.0747 e. The summed E-state index contributed by atoms with van der Waals surface area (Å²) in [5, 5.41) is 0. The number of nitrogens with one attached hydrogen (secondary N) is 1. The topological polar surface area (TPSA) is 21.3 Å². The lowest BCUT2D eigenvalue weighted by molar-refractivity contribution is 0.383. The highest BCUT2D eigenvalue weighted by Gasteiger charge is 1.81. The van der Waals surface area contributed by atoms with Crippen LogP contribution < -0.4 is 4.72 Å². The lowest BCUT2D eigenvalue weighted by Gasteiger charge is -1.97. The van der Waals surface area contributed by atoms with Crippen LogP contribution in [-0.2, 0) is 4.18 Å². The molecule has 0 bridgehead atoms. The van der Waals surface area contributed by atoms with Crippen molar-refractivity contribution in [3.05, 3.63) is 0 Å². The molecule has 2 nitrogen and oxygen atoms in total. The van der Waals surface area contributed by atoms with Crippen LogP contribution in [-0.4, -0.2) is 25.7 Å². The molecule has 0 aliphatic heterocycles. The van der Waals surface area contributed by atoms with Gasteiger partial charge in [-0.15, -0.1) is 0 Å². The van der Waals surface area contributed by atoms with Gasteiger partial charge < -0.3 is 4.18 Å². The zero-order valence-electron chi connectivity index (χ0n) is 5.14. The van der Waals surface area contributed by atoms with Gasteiger partial charge in [-0.1, -0.05) is 11.9 Å². The summed E-state index contributed by atoms with van der Waals surface area (Å²) in [6, 6.07) is 0. The highest BCUT2D eigenvalue weighted by atomic mass is 32.2. The van der Waals surface area contributed by atoms with Gasteiger partial charge in [0, 0.05) is 12.8 Å². The third-order valence-corrected chi connectivity index (χ3v) is 1.44. The van der Waals surface area contributed by atoms with Crippen molar-refractivity contribution in [1.82, 2.24) is 4.72 Å². The Labute approximate surface area is 59.1 Å². The molecule has 0 fully saturated rings. The SMILES string of the molecule is CSNCCOSC. The Morgan fingerprint density at radius 3 is 2.75 bits per heavy atom. The van der Waals surface area contributed by atoms with Crippen LogP contribution in [0.2, 0.25) is 0 Å². The lowest BCUT2D eigenvalue weighted by atomic mass is 10.8. The Balaban J connectivity index is 2.53. The second-order valence-electron chi connectivity index (χ2n) is 1.09. The minimum absolute atomic E-state index is 0.780. The molecule has 0 unspecified atom stereocenters. The summed E-state index contributed by atoms with van der Waals surface area (Å²) in [5.41, 5.74) is 0. The normalized spacial score (nSPS) is 9.75. The molecule has 1 N–H and O–H groups in total. The minimum atomic E-state index is 0.780. The van der Waals surface area contributed by atoms with Crippen molar-refractivity contribution in [2.45, 2.75) is 0 Å². The third kappa shape index (κ3) is 6.62. The first-order valence-corrected chi connectivity index (χ1v) is 4.70. The van der Waals surface area contributed by atoms with E-state index in [0.717, 1.165) is 13.2 Å². The fraction of sp³-hybridized carbons (Fsp3) is 1.00. The largest absolute Gasteiger partial charge is 0.314 e. The summed E-state index contributed by atoms with van der Waals surface area (Å²) in [4.78, 5) is 0. The van der Waals surface area contributed by atoms with Crippen LogP contribution in [0.1, 0.15) is 0 Å². The Kier molecular flexibility index (Phi) is 8.21. The molecule has 50 valence electrons. The summed E-state index contributed by atoms with van der Waals surface area (Å²) in [6.07, 6.45) is 3.91. The van der Waals surface area contributed by atoms with Crippen LogP contribution in [0.3, 0.4) is 0 Å². The summed E-state index contributed by atoms with van der Waals surface area (Å²) < 4.78 is 8.04. The number of hydrogen-bond donors (Lipinski definition) is 1. The molecule has 4 heteroatoms. The van der Waals surface area contributed by atoms with Gasteiger partial charge in [0.05, 0.1) is 6.61 Å². The third-order valence-electron chi connectivity index (χ3n) is 0.550. The van der Waals surface area contributed by atoms with Crippen molar-refractivity contribution < 1.29 is 4.18 Å². The summed E-state index contributed by atoms with van der Waals surface area (Å²) in [7, 11) is 0. The van der Waals surface area contributed by atoms with Gasteiger partial charge in [-0.3, -0.25) is 4.72 Å². The van der Waals surface area contributed by atoms with E-state index in [1.54, 1.807) is 11.9 Å². The fourth-order valence-electron chi connectivity index (χ4n) is 0.269.